The number of para-hydroxylation sites is 1. The Bertz CT molecular complexity index is 614. The average molecular weight is 267 g/mol. The lowest BCUT2D eigenvalue weighted by atomic mass is 10.0. The van der Waals surface area contributed by atoms with Crippen molar-refractivity contribution >= 4 is 11.8 Å². The van der Waals surface area contributed by atoms with Gasteiger partial charge in [0.25, 0.3) is 0 Å². The van der Waals surface area contributed by atoms with Gasteiger partial charge in [-0.2, -0.15) is 0 Å². The molecule has 3 heterocycles. The van der Waals surface area contributed by atoms with Gasteiger partial charge in [0.15, 0.2) is 0 Å². The largest absolute Gasteiger partial charge is 0.487 e. The molecule has 0 saturated carbocycles. The molecule has 0 radical (unpaired) electrons. The molecule has 3 aliphatic rings. The second kappa shape index (κ2) is 3.56. The fourth-order valence-corrected chi connectivity index (χ4v) is 5.04. The fourth-order valence-electron chi connectivity index (χ4n) is 3.55. The van der Waals surface area contributed by atoms with Gasteiger partial charge in [-0.1, -0.05) is 36.4 Å². The van der Waals surface area contributed by atoms with Crippen molar-refractivity contribution in [2.24, 2.45) is 0 Å². The highest BCUT2D eigenvalue weighted by molar-refractivity contribution is 8.00. The van der Waals surface area contributed by atoms with E-state index in [-0.39, 0.29) is 6.10 Å². The van der Waals surface area contributed by atoms with Crippen LogP contribution < -0.4 is 10.1 Å². The summed E-state index contributed by atoms with van der Waals surface area (Å²) >= 11 is 1.97. The third-order valence-corrected chi connectivity index (χ3v) is 5.81. The van der Waals surface area contributed by atoms with E-state index in [0.29, 0.717) is 17.3 Å². The van der Waals surface area contributed by atoms with Gasteiger partial charge in [0.2, 0.25) is 0 Å². The van der Waals surface area contributed by atoms with Gasteiger partial charge in [0, 0.05) is 16.5 Å². The highest BCUT2D eigenvalue weighted by Gasteiger charge is 2.53. The van der Waals surface area contributed by atoms with Crippen molar-refractivity contribution in [1.82, 2.24) is 5.32 Å². The predicted molar refractivity (Wildman–Crippen MR) is 75.6 cm³/mol. The number of rotatable bonds is 0. The van der Waals surface area contributed by atoms with Crippen molar-refractivity contribution in [3.63, 3.8) is 0 Å². The minimum atomic E-state index is 0.264. The maximum atomic E-state index is 6.19. The monoisotopic (exact) mass is 267 g/mol. The predicted octanol–water partition coefficient (Wildman–Crippen LogP) is 3.31. The number of benzene rings is 2. The van der Waals surface area contributed by atoms with Gasteiger partial charge in [0.1, 0.15) is 11.9 Å². The second-order valence-corrected chi connectivity index (χ2v) is 6.58. The quantitative estimate of drug-likeness (QED) is 0.791. The normalized spacial score (nSPS) is 33.3. The molecule has 4 atom stereocenters. The molecule has 5 rings (SSSR count). The average Bonchev–Trinajstić information content (AvgIpc) is 3.07. The zero-order valence-electron chi connectivity index (χ0n) is 10.2. The second-order valence-electron chi connectivity index (χ2n) is 5.36. The number of ether oxygens (including phenoxy) is 1. The molecule has 0 spiro atoms. The van der Waals surface area contributed by atoms with Gasteiger partial charge >= 0.3 is 0 Å². The smallest absolute Gasteiger partial charge is 0.132 e. The van der Waals surface area contributed by atoms with E-state index in [1.165, 1.54) is 16.0 Å². The molecule has 3 heteroatoms. The van der Waals surface area contributed by atoms with Gasteiger partial charge in [-0.15, -0.1) is 11.8 Å². The maximum absolute atomic E-state index is 6.19. The molecule has 0 aromatic heterocycles. The van der Waals surface area contributed by atoms with Crippen molar-refractivity contribution in [3.8, 4) is 5.75 Å². The van der Waals surface area contributed by atoms with Crippen molar-refractivity contribution in [3.05, 3.63) is 59.7 Å². The van der Waals surface area contributed by atoms with Crippen LogP contribution in [0.4, 0.5) is 0 Å². The SMILES string of the molecule is c1ccc2c(c1)OC1C2NC2c3ccccc3SC21. The summed E-state index contributed by atoms with van der Waals surface area (Å²) in [7, 11) is 0. The van der Waals surface area contributed by atoms with Crippen LogP contribution in [-0.2, 0) is 0 Å². The summed E-state index contributed by atoms with van der Waals surface area (Å²) in [4.78, 5) is 1.41. The summed E-state index contributed by atoms with van der Waals surface area (Å²) in [6.07, 6.45) is 0.264. The Morgan fingerprint density at radius 2 is 1.68 bits per heavy atom. The Hall–Kier alpha value is -1.45. The molecule has 0 aliphatic carbocycles. The summed E-state index contributed by atoms with van der Waals surface area (Å²) in [6.45, 7) is 0. The number of hydrogen-bond donors (Lipinski definition) is 1. The molecule has 0 bridgehead atoms. The third kappa shape index (κ3) is 1.27. The lowest BCUT2D eigenvalue weighted by Gasteiger charge is -2.15. The molecule has 2 aromatic rings. The first-order chi connectivity index (χ1) is 9.42. The fraction of sp³-hybridized carbons (Fsp3) is 0.250. The topological polar surface area (TPSA) is 21.3 Å². The van der Waals surface area contributed by atoms with Crippen molar-refractivity contribution in [2.75, 3.05) is 0 Å². The van der Waals surface area contributed by atoms with E-state index in [2.05, 4.69) is 47.8 Å². The van der Waals surface area contributed by atoms with E-state index >= 15 is 0 Å². The molecule has 4 unspecified atom stereocenters. The summed E-state index contributed by atoms with van der Waals surface area (Å²) in [5, 5.41) is 4.28. The Morgan fingerprint density at radius 3 is 2.63 bits per heavy atom. The zero-order chi connectivity index (χ0) is 12.4. The van der Waals surface area contributed by atoms with Crippen LogP contribution in [0.15, 0.2) is 53.4 Å². The minimum Gasteiger partial charge on any atom is -0.487 e. The molecular formula is C16H13NOS. The third-order valence-electron chi connectivity index (χ3n) is 4.37. The van der Waals surface area contributed by atoms with Gasteiger partial charge < -0.3 is 4.74 Å². The molecular weight excluding hydrogens is 254 g/mol. The van der Waals surface area contributed by atoms with E-state index in [4.69, 9.17) is 4.74 Å². The molecule has 1 saturated heterocycles. The van der Waals surface area contributed by atoms with E-state index in [1.807, 2.05) is 17.8 Å². The van der Waals surface area contributed by atoms with Gasteiger partial charge in [-0.25, -0.2) is 0 Å². The maximum Gasteiger partial charge on any atom is 0.132 e. The number of hydrogen-bond acceptors (Lipinski definition) is 3. The molecule has 0 amide bonds. The molecule has 2 nitrogen and oxygen atoms in total. The summed E-state index contributed by atoms with van der Waals surface area (Å²) < 4.78 is 6.19. The highest BCUT2D eigenvalue weighted by Crippen LogP contribution is 2.56. The Morgan fingerprint density at radius 1 is 0.895 bits per heavy atom. The minimum absolute atomic E-state index is 0.264. The van der Waals surface area contributed by atoms with Crippen LogP contribution in [0.5, 0.6) is 5.75 Å². The summed E-state index contributed by atoms with van der Waals surface area (Å²) in [5.74, 6) is 1.06. The Balaban J connectivity index is 1.58. The van der Waals surface area contributed by atoms with Crippen LogP contribution in [0.25, 0.3) is 0 Å². The van der Waals surface area contributed by atoms with E-state index in [0.717, 1.165) is 5.75 Å². The molecule has 1 fully saturated rings. The lowest BCUT2D eigenvalue weighted by Crippen LogP contribution is -2.24. The van der Waals surface area contributed by atoms with Gasteiger partial charge in [-0.05, 0) is 17.7 Å². The van der Waals surface area contributed by atoms with Gasteiger partial charge in [0.05, 0.1) is 11.3 Å². The van der Waals surface area contributed by atoms with Crippen LogP contribution in [0, 0.1) is 0 Å². The van der Waals surface area contributed by atoms with Crippen molar-refractivity contribution in [2.45, 2.75) is 28.3 Å². The number of fused-ring (bicyclic) bond motifs is 7. The molecule has 94 valence electrons. The van der Waals surface area contributed by atoms with E-state index in [9.17, 15) is 0 Å². The van der Waals surface area contributed by atoms with Crippen LogP contribution in [0.3, 0.4) is 0 Å². The highest BCUT2D eigenvalue weighted by atomic mass is 32.2. The van der Waals surface area contributed by atoms with Gasteiger partial charge in [-0.3, -0.25) is 5.32 Å². The van der Waals surface area contributed by atoms with Crippen molar-refractivity contribution in [1.29, 1.82) is 0 Å². The molecule has 19 heavy (non-hydrogen) atoms. The first-order valence-corrected chi connectivity index (χ1v) is 7.57. The number of nitrogens with one attached hydrogen (secondary N) is 1. The first kappa shape index (κ1) is 10.4. The Labute approximate surface area is 116 Å². The van der Waals surface area contributed by atoms with E-state index < -0.39 is 0 Å². The molecule has 2 aromatic carbocycles. The number of thioether (sulfide) groups is 1. The Kier molecular flexibility index (Phi) is 1.94. The first-order valence-electron chi connectivity index (χ1n) is 6.69. The lowest BCUT2D eigenvalue weighted by molar-refractivity contribution is 0.226. The van der Waals surface area contributed by atoms with Crippen LogP contribution in [0.1, 0.15) is 23.2 Å². The standard InChI is InChI=1S/C16H13NOS/c1-3-7-11-9(5-1)13-15(18-11)16-14(17-13)10-6-2-4-8-12(10)19-16/h1-8,13-17H. The van der Waals surface area contributed by atoms with Crippen molar-refractivity contribution < 1.29 is 4.74 Å². The zero-order valence-corrected chi connectivity index (χ0v) is 11.1. The van der Waals surface area contributed by atoms with E-state index in [1.54, 1.807) is 0 Å². The van der Waals surface area contributed by atoms with Crippen LogP contribution >= 0.6 is 11.8 Å². The van der Waals surface area contributed by atoms with Crippen LogP contribution in [0.2, 0.25) is 0 Å². The molecule has 3 aliphatic heterocycles. The summed E-state index contributed by atoms with van der Waals surface area (Å²) in [5.41, 5.74) is 2.76. The summed E-state index contributed by atoms with van der Waals surface area (Å²) in [6, 6.07) is 17.9. The molecule has 1 N–H and O–H groups in total. The van der Waals surface area contributed by atoms with Crippen LogP contribution in [-0.4, -0.2) is 11.4 Å².